The molecule has 1 amide bonds. The molecule has 0 heterocycles. The Morgan fingerprint density at radius 3 is 2.52 bits per heavy atom. The molecule has 0 aliphatic rings. The lowest BCUT2D eigenvalue weighted by Crippen LogP contribution is -2.24. The van der Waals surface area contributed by atoms with Crippen molar-refractivity contribution in [1.29, 1.82) is 0 Å². The van der Waals surface area contributed by atoms with Crippen molar-refractivity contribution < 1.29 is 9.18 Å². The van der Waals surface area contributed by atoms with Gasteiger partial charge in [-0.1, -0.05) is 37.6 Å². The highest BCUT2D eigenvalue weighted by Gasteiger charge is 2.12. The normalized spacial score (nSPS) is 11.2. The maximum Gasteiger partial charge on any atom is 0.280 e. The van der Waals surface area contributed by atoms with Gasteiger partial charge in [0.05, 0.1) is 0 Å². The van der Waals surface area contributed by atoms with Crippen LogP contribution in [-0.2, 0) is 0 Å². The number of nitrogens with two attached hydrogens (primary N) is 2. The second-order valence-corrected chi connectivity index (χ2v) is 5.79. The van der Waals surface area contributed by atoms with Crippen LogP contribution in [0, 0.1) is 12.7 Å². The molecular weight excluding hydrogens is 317 g/mol. The van der Waals surface area contributed by atoms with Crippen molar-refractivity contribution >= 4 is 17.4 Å². The van der Waals surface area contributed by atoms with E-state index in [1.165, 1.54) is 12.1 Å². The standard InChI is InChI=1S/C20H22FN3O/c1-3-4-8-18(17-10-9-16(21)11-13(17)2)14-6-5-7-15(12-14)19(25)24-20(22)23/h5-12H,3-4H2,1-2H3,(H4,22,23,24,25)/b18-8+. The molecule has 0 saturated heterocycles. The Morgan fingerprint density at radius 1 is 1.16 bits per heavy atom. The van der Waals surface area contributed by atoms with E-state index in [1.54, 1.807) is 24.3 Å². The molecule has 0 aromatic heterocycles. The fraction of sp³-hybridized carbons (Fsp3) is 0.200. The van der Waals surface area contributed by atoms with Gasteiger partial charge in [0.15, 0.2) is 5.96 Å². The topological polar surface area (TPSA) is 81.5 Å². The van der Waals surface area contributed by atoms with Crippen molar-refractivity contribution in [3.8, 4) is 0 Å². The highest BCUT2D eigenvalue weighted by atomic mass is 19.1. The molecule has 0 radical (unpaired) electrons. The number of allylic oxidation sites excluding steroid dienone is 1. The number of amides is 1. The van der Waals surface area contributed by atoms with E-state index in [0.717, 1.165) is 35.1 Å². The fourth-order valence-electron chi connectivity index (χ4n) is 2.60. The van der Waals surface area contributed by atoms with Gasteiger partial charge in [-0.15, -0.1) is 0 Å². The molecule has 0 unspecified atom stereocenters. The maximum absolute atomic E-state index is 13.5. The molecule has 5 heteroatoms. The Bertz CT molecular complexity index is 837. The van der Waals surface area contributed by atoms with E-state index in [0.29, 0.717) is 5.56 Å². The van der Waals surface area contributed by atoms with E-state index in [2.05, 4.69) is 18.0 Å². The lowest BCUT2D eigenvalue weighted by Gasteiger charge is -2.13. The summed E-state index contributed by atoms with van der Waals surface area (Å²) in [6, 6.07) is 11.8. The SMILES string of the molecule is CCC/C=C(\c1cccc(C(=O)N=C(N)N)c1)c1ccc(F)cc1C. The van der Waals surface area contributed by atoms with Crippen LogP contribution in [-0.4, -0.2) is 11.9 Å². The molecule has 0 spiro atoms. The predicted octanol–water partition coefficient (Wildman–Crippen LogP) is 3.78. The number of carbonyl (C=O) groups excluding carboxylic acids is 1. The van der Waals surface area contributed by atoms with Gasteiger partial charge in [0.2, 0.25) is 0 Å². The monoisotopic (exact) mass is 339 g/mol. The van der Waals surface area contributed by atoms with Gasteiger partial charge in [0.25, 0.3) is 5.91 Å². The molecule has 25 heavy (non-hydrogen) atoms. The van der Waals surface area contributed by atoms with Crippen molar-refractivity contribution in [2.45, 2.75) is 26.7 Å². The molecule has 0 bridgehead atoms. The molecule has 0 aliphatic carbocycles. The van der Waals surface area contributed by atoms with Crippen LogP contribution in [0.1, 0.15) is 46.8 Å². The highest BCUT2D eigenvalue weighted by Crippen LogP contribution is 2.28. The first-order valence-electron chi connectivity index (χ1n) is 8.13. The second-order valence-electron chi connectivity index (χ2n) is 5.79. The van der Waals surface area contributed by atoms with E-state index < -0.39 is 5.91 Å². The van der Waals surface area contributed by atoms with Gasteiger partial charge in [-0.3, -0.25) is 4.79 Å². The third-order valence-electron chi connectivity index (χ3n) is 3.77. The minimum atomic E-state index is -0.493. The van der Waals surface area contributed by atoms with Crippen molar-refractivity contribution in [3.63, 3.8) is 0 Å². The number of aliphatic imine (C=N–C) groups is 1. The highest BCUT2D eigenvalue weighted by molar-refractivity contribution is 6.02. The summed E-state index contributed by atoms with van der Waals surface area (Å²) in [6.45, 7) is 3.96. The third kappa shape index (κ3) is 4.76. The zero-order chi connectivity index (χ0) is 18.4. The number of halogens is 1. The van der Waals surface area contributed by atoms with Gasteiger partial charge >= 0.3 is 0 Å². The zero-order valence-corrected chi connectivity index (χ0v) is 14.4. The van der Waals surface area contributed by atoms with Crippen LogP contribution in [0.15, 0.2) is 53.5 Å². The van der Waals surface area contributed by atoms with Gasteiger partial charge in [0.1, 0.15) is 5.82 Å². The number of carbonyl (C=O) groups is 1. The molecule has 2 aromatic carbocycles. The quantitative estimate of drug-likeness (QED) is 0.642. The van der Waals surface area contributed by atoms with Crippen LogP contribution >= 0.6 is 0 Å². The summed E-state index contributed by atoms with van der Waals surface area (Å²) in [7, 11) is 0. The van der Waals surface area contributed by atoms with Crippen LogP contribution < -0.4 is 11.5 Å². The van der Waals surface area contributed by atoms with Crippen molar-refractivity contribution in [1.82, 2.24) is 0 Å². The third-order valence-corrected chi connectivity index (χ3v) is 3.77. The first-order chi connectivity index (χ1) is 11.9. The van der Waals surface area contributed by atoms with Gasteiger partial charge in [0, 0.05) is 5.56 Å². The number of aryl methyl sites for hydroxylation is 1. The first-order valence-corrected chi connectivity index (χ1v) is 8.13. The minimum absolute atomic E-state index is 0.271. The largest absolute Gasteiger partial charge is 0.370 e. The average molecular weight is 339 g/mol. The molecular formula is C20H22FN3O. The second kappa shape index (κ2) is 8.24. The number of benzene rings is 2. The Kier molecular flexibility index (Phi) is 6.06. The summed E-state index contributed by atoms with van der Waals surface area (Å²) in [5, 5.41) is 0. The van der Waals surface area contributed by atoms with Gasteiger partial charge < -0.3 is 11.5 Å². The summed E-state index contributed by atoms with van der Waals surface area (Å²) in [4.78, 5) is 15.7. The Labute approximate surface area is 147 Å². The Morgan fingerprint density at radius 2 is 1.88 bits per heavy atom. The molecule has 0 fully saturated rings. The molecule has 4 N–H and O–H groups in total. The van der Waals surface area contributed by atoms with Crippen LogP contribution in [0.2, 0.25) is 0 Å². The van der Waals surface area contributed by atoms with Crippen molar-refractivity contribution in [2.24, 2.45) is 16.5 Å². The van der Waals surface area contributed by atoms with Gasteiger partial charge in [-0.2, -0.15) is 4.99 Å². The molecule has 130 valence electrons. The summed E-state index contributed by atoms with van der Waals surface area (Å²) in [5.74, 6) is -1.04. The van der Waals surface area contributed by atoms with Gasteiger partial charge in [-0.05, 0) is 59.9 Å². The number of guanidine groups is 1. The Hall–Kier alpha value is -2.95. The number of hydrogen-bond acceptors (Lipinski definition) is 1. The summed E-state index contributed by atoms with van der Waals surface area (Å²) in [6.07, 6.45) is 3.96. The van der Waals surface area contributed by atoms with E-state index in [-0.39, 0.29) is 11.8 Å². The molecule has 4 nitrogen and oxygen atoms in total. The fourth-order valence-corrected chi connectivity index (χ4v) is 2.60. The van der Waals surface area contributed by atoms with Crippen LogP contribution in [0.5, 0.6) is 0 Å². The molecule has 0 atom stereocenters. The summed E-state index contributed by atoms with van der Waals surface area (Å²) < 4.78 is 13.5. The van der Waals surface area contributed by atoms with Crippen LogP contribution in [0.4, 0.5) is 4.39 Å². The van der Waals surface area contributed by atoms with E-state index in [1.807, 2.05) is 13.0 Å². The lowest BCUT2D eigenvalue weighted by molar-refractivity contribution is 0.100. The van der Waals surface area contributed by atoms with Crippen molar-refractivity contribution in [2.75, 3.05) is 0 Å². The van der Waals surface area contributed by atoms with Crippen LogP contribution in [0.25, 0.3) is 5.57 Å². The molecule has 2 rings (SSSR count). The van der Waals surface area contributed by atoms with E-state index in [9.17, 15) is 9.18 Å². The number of hydrogen-bond donors (Lipinski definition) is 2. The van der Waals surface area contributed by atoms with E-state index in [4.69, 9.17) is 11.5 Å². The van der Waals surface area contributed by atoms with Crippen molar-refractivity contribution in [3.05, 3.63) is 76.6 Å². The average Bonchev–Trinajstić information content (AvgIpc) is 2.56. The number of unbranched alkanes of at least 4 members (excludes halogenated alkanes) is 1. The predicted molar refractivity (Wildman–Crippen MR) is 99.7 cm³/mol. The summed E-state index contributed by atoms with van der Waals surface area (Å²) in [5.41, 5.74) is 14.5. The van der Waals surface area contributed by atoms with Gasteiger partial charge in [-0.25, -0.2) is 4.39 Å². The smallest absolute Gasteiger partial charge is 0.280 e. The Balaban J connectivity index is 2.53. The number of rotatable bonds is 5. The summed E-state index contributed by atoms with van der Waals surface area (Å²) >= 11 is 0. The first kappa shape index (κ1) is 18.4. The van der Waals surface area contributed by atoms with Crippen LogP contribution in [0.3, 0.4) is 0 Å². The molecule has 0 aliphatic heterocycles. The maximum atomic E-state index is 13.5. The molecule has 2 aromatic rings. The van der Waals surface area contributed by atoms with E-state index >= 15 is 0 Å². The lowest BCUT2D eigenvalue weighted by atomic mass is 9.92. The minimum Gasteiger partial charge on any atom is -0.370 e. The number of nitrogens with zero attached hydrogens (tertiary/aromatic N) is 1. The zero-order valence-electron chi connectivity index (χ0n) is 14.4. The molecule has 0 saturated carbocycles.